The highest BCUT2D eigenvalue weighted by atomic mass is 32.1. The van der Waals surface area contributed by atoms with Crippen molar-refractivity contribution in [1.82, 2.24) is 9.97 Å². The van der Waals surface area contributed by atoms with Crippen LogP contribution in [-0.2, 0) is 0 Å². The molecule has 0 bridgehead atoms. The third-order valence-electron chi connectivity index (χ3n) is 2.67. The summed E-state index contributed by atoms with van der Waals surface area (Å²) in [5.41, 5.74) is 3.92. The lowest BCUT2D eigenvalue weighted by atomic mass is 10.1. The van der Waals surface area contributed by atoms with Crippen molar-refractivity contribution in [2.75, 3.05) is 0 Å². The molecule has 3 aromatic rings. The molecule has 2 aromatic heterocycles. The van der Waals surface area contributed by atoms with E-state index in [1.165, 1.54) is 35.7 Å². The average Bonchev–Trinajstić information content (AvgIpc) is 2.89. The molecule has 0 spiro atoms. The molecule has 0 atom stereocenters. The van der Waals surface area contributed by atoms with Crippen molar-refractivity contribution < 1.29 is 8.78 Å². The molecule has 0 N–H and O–H groups in total. The Kier molecular flexibility index (Phi) is 3.05. The monoisotopic (exact) mass is 274 g/mol. The maximum Gasteiger partial charge on any atom is 0.213 e. The van der Waals surface area contributed by atoms with Gasteiger partial charge in [0.1, 0.15) is 5.82 Å². The van der Waals surface area contributed by atoms with E-state index in [4.69, 9.17) is 0 Å². The molecule has 2 heterocycles. The first-order valence-corrected chi connectivity index (χ1v) is 6.43. The van der Waals surface area contributed by atoms with Crippen LogP contribution in [-0.4, -0.2) is 9.97 Å². The van der Waals surface area contributed by atoms with Crippen molar-refractivity contribution in [2.24, 2.45) is 0 Å². The number of aromatic nitrogens is 2. The van der Waals surface area contributed by atoms with Gasteiger partial charge < -0.3 is 0 Å². The van der Waals surface area contributed by atoms with Gasteiger partial charge in [0.15, 0.2) is 0 Å². The highest BCUT2D eigenvalue weighted by Gasteiger charge is 2.11. The van der Waals surface area contributed by atoms with Crippen molar-refractivity contribution in [3.63, 3.8) is 0 Å². The van der Waals surface area contributed by atoms with Crippen LogP contribution in [0.25, 0.3) is 21.7 Å². The molecule has 0 unspecified atom stereocenters. The first-order valence-electron chi connectivity index (χ1n) is 5.55. The molecule has 0 saturated carbocycles. The minimum atomic E-state index is -0.532. The SMILES string of the molecule is Fc1ccc(-c2ncsc2-c2ccnc(F)c2)cc1. The Balaban J connectivity index is 2.10. The predicted octanol–water partition coefficient (Wildman–Crippen LogP) is 4.15. The minimum absolute atomic E-state index is 0.296. The van der Waals surface area contributed by atoms with E-state index >= 15 is 0 Å². The first kappa shape index (κ1) is 11.9. The minimum Gasteiger partial charge on any atom is -0.244 e. The summed E-state index contributed by atoms with van der Waals surface area (Å²) in [6.45, 7) is 0. The molecule has 0 fully saturated rings. The van der Waals surface area contributed by atoms with Gasteiger partial charge >= 0.3 is 0 Å². The zero-order chi connectivity index (χ0) is 13.2. The Morgan fingerprint density at radius 1 is 0.895 bits per heavy atom. The molecule has 0 amide bonds. The number of benzene rings is 1. The first-order chi connectivity index (χ1) is 9.24. The Morgan fingerprint density at radius 2 is 1.68 bits per heavy atom. The molecule has 0 aliphatic heterocycles. The highest BCUT2D eigenvalue weighted by Crippen LogP contribution is 2.34. The highest BCUT2D eigenvalue weighted by molar-refractivity contribution is 7.13. The van der Waals surface area contributed by atoms with E-state index in [2.05, 4.69) is 9.97 Å². The Hall–Kier alpha value is -2.14. The van der Waals surface area contributed by atoms with Crippen molar-refractivity contribution >= 4 is 11.3 Å². The lowest BCUT2D eigenvalue weighted by Crippen LogP contribution is -1.85. The molecule has 0 aliphatic rings. The van der Waals surface area contributed by atoms with Crippen LogP contribution >= 0.6 is 11.3 Å². The summed E-state index contributed by atoms with van der Waals surface area (Å²) in [5.74, 6) is -0.827. The molecule has 0 saturated heterocycles. The van der Waals surface area contributed by atoms with E-state index in [-0.39, 0.29) is 5.82 Å². The molecular formula is C14H8F2N2S. The van der Waals surface area contributed by atoms with E-state index in [1.807, 2.05) is 0 Å². The second-order valence-corrected chi connectivity index (χ2v) is 4.76. The second-order valence-electron chi connectivity index (χ2n) is 3.90. The van der Waals surface area contributed by atoms with E-state index < -0.39 is 5.95 Å². The molecule has 1 aromatic carbocycles. The average molecular weight is 274 g/mol. The van der Waals surface area contributed by atoms with Crippen LogP contribution in [0.5, 0.6) is 0 Å². The Bertz CT molecular complexity index is 707. The maximum atomic E-state index is 13.2. The molecule has 94 valence electrons. The van der Waals surface area contributed by atoms with Gasteiger partial charge in [0.05, 0.1) is 16.1 Å². The summed E-state index contributed by atoms with van der Waals surface area (Å²) in [4.78, 5) is 8.65. The van der Waals surface area contributed by atoms with E-state index in [1.54, 1.807) is 23.7 Å². The van der Waals surface area contributed by atoms with Gasteiger partial charge in [-0.1, -0.05) is 0 Å². The lowest BCUT2D eigenvalue weighted by Gasteiger charge is -2.03. The van der Waals surface area contributed by atoms with E-state index in [0.29, 0.717) is 5.56 Å². The molecule has 3 rings (SSSR count). The van der Waals surface area contributed by atoms with Crippen molar-refractivity contribution in [3.8, 4) is 21.7 Å². The lowest BCUT2D eigenvalue weighted by molar-refractivity contribution is 0.584. The van der Waals surface area contributed by atoms with Crippen LogP contribution in [0.4, 0.5) is 8.78 Å². The number of pyridine rings is 1. The van der Waals surface area contributed by atoms with Gasteiger partial charge in [-0.2, -0.15) is 4.39 Å². The van der Waals surface area contributed by atoms with Crippen LogP contribution in [0.2, 0.25) is 0 Å². The summed E-state index contributed by atoms with van der Waals surface area (Å²) in [5, 5.41) is 0. The topological polar surface area (TPSA) is 25.8 Å². The van der Waals surface area contributed by atoms with Gasteiger partial charge in [-0.25, -0.2) is 14.4 Å². The third kappa shape index (κ3) is 2.37. The standard InChI is InChI=1S/C14H8F2N2S/c15-11-3-1-9(2-4-11)13-14(19-8-18-13)10-5-6-17-12(16)7-10/h1-8H. The number of thiazole rings is 1. The molecular weight excluding hydrogens is 266 g/mol. The zero-order valence-corrected chi connectivity index (χ0v) is 10.5. The van der Waals surface area contributed by atoms with Crippen LogP contribution in [0, 0.1) is 11.8 Å². The summed E-state index contributed by atoms with van der Waals surface area (Å²) >= 11 is 1.41. The van der Waals surface area contributed by atoms with Crippen LogP contribution < -0.4 is 0 Å². The van der Waals surface area contributed by atoms with E-state index in [9.17, 15) is 8.78 Å². The third-order valence-corrected chi connectivity index (χ3v) is 3.55. The Labute approximate surface area is 112 Å². The fourth-order valence-electron chi connectivity index (χ4n) is 1.81. The maximum absolute atomic E-state index is 13.2. The normalized spacial score (nSPS) is 10.6. The summed E-state index contributed by atoms with van der Waals surface area (Å²) < 4.78 is 26.1. The number of rotatable bonds is 2. The molecule has 5 heteroatoms. The summed E-state index contributed by atoms with van der Waals surface area (Å²) in [7, 11) is 0. The second kappa shape index (κ2) is 4.85. The van der Waals surface area contributed by atoms with Gasteiger partial charge in [0, 0.05) is 17.8 Å². The quantitative estimate of drug-likeness (QED) is 0.656. The number of hydrogen-bond donors (Lipinski definition) is 0. The van der Waals surface area contributed by atoms with Gasteiger partial charge in [-0.05, 0) is 35.9 Å². The molecule has 0 aliphatic carbocycles. The van der Waals surface area contributed by atoms with E-state index in [0.717, 1.165) is 16.1 Å². The van der Waals surface area contributed by atoms with Gasteiger partial charge in [0.2, 0.25) is 5.95 Å². The van der Waals surface area contributed by atoms with Gasteiger partial charge in [-0.3, -0.25) is 0 Å². The predicted molar refractivity (Wildman–Crippen MR) is 70.7 cm³/mol. The smallest absolute Gasteiger partial charge is 0.213 e. The Morgan fingerprint density at radius 3 is 2.42 bits per heavy atom. The summed E-state index contributed by atoms with van der Waals surface area (Å²) in [6.07, 6.45) is 1.42. The van der Waals surface area contributed by atoms with Crippen LogP contribution in [0.15, 0.2) is 48.1 Å². The van der Waals surface area contributed by atoms with Gasteiger partial charge in [0.25, 0.3) is 0 Å². The summed E-state index contributed by atoms with van der Waals surface area (Å²) in [6, 6.07) is 9.16. The van der Waals surface area contributed by atoms with Crippen LogP contribution in [0.1, 0.15) is 0 Å². The number of nitrogens with zero attached hydrogens (tertiary/aromatic N) is 2. The molecule has 19 heavy (non-hydrogen) atoms. The van der Waals surface area contributed by atoms with Crippen molar-refractivity contribution in [1.29, 1.82) is 0 Å². The fraction of sp³-hybridized carbons (Fsp3) is 0. The molecule has 0 radical (unpaired) electrons. The van der Waals surface area contributed by atoms with Crippen molar-refractivity contribution in [3.05, 3.63) is 59.9 Å². The zero-order valence-electron chi connectivity index (χ0n) is 9.68. The number of hydrogen-bond acceptors (Lipinski definition) is 3. The largest absolute Gasteiger partial charge is 0.244 e. The molecule has 2 nitrogen and oxygen atoms in total. The van der Waals surface area contributed by atoms with Crippen molar-refractivity contribution in [2.45, 2.75) is 0 Å². The van der Waals surface area contributed by atoms with Crippen LogP contribution in [0.3, 0.4) is 0 Å². The number of halogens is 2. The fourth-order valence-corrected chi connectivity index (χ4v) is 2.62. The van der Waals surface area contributed by atoms with Gasteiger partial charge in [-0.15, -0.1) is 11.3 Å².